The first kappa shape index (κ1) is 12.9. The maximum atomic E-state index is 12.4. The summed E-state index contributed by atoms with van der Waals surface area (Å²) in [5.74, 6) is 1.45. The smallest absolute Gasteiger partial charge is 0.255 e. The average Bonchev–Trinajstić information content (AvgIpc) is 3.02. The molecule has 2 aliphatic heterocycles. The lowest BCUT2D eigenvalue weighted by Gasteiger charge is -2.29. The fraction of sp³-hybridized carbons (Fsp3) is 0.769. The van der Waals surface area contributed by atoms with E-state index < -0.39 is 0 Å². The minimum Gasteiger partial charge on any atom is -0.359 e. The Labute approximate surface area is 118 Å². The second-order valence-corrected chi connectivity index (χ2v) is 5.76. The van der Waals surface area contributed by atoms with Crippen LogP contribution in [0, 0.1) is 5.92 Å². The van der Waals surface area contributed by atoms with Gasteiger partial charge in [-0.1, -0.05) is 19.8 Å². The number of amides is 1. The Morgan fingerprint density at radius 2 is 2.11 bits per heavy atom. The fourth-order valence-electron chi connectivity index (χ4n) is 3.07. The number of nitrogens with one attached hydrogen (secondary N) is 1. The molecule has 3 aliphatic rings. The molecule has 19 heavy (non-hydrogen) atoms. The van der Waals surface area contributed by atoms with Crippen LogP contribution in [0.5, 0.6) is 0 Å². The molecule has 0 aromatic heterocycles. The van der Waals surface area contributed by atoms with Crippen LogP contribution < -0.4 is 5.32 Å². The number of hydrogen-bond acceptors (Lipinski definition) is 4. The molecule has 0 spiro atoms. The Morgan fingerprint density at radius 1 is 1.37 bits per heavy atom. The zero-order chi connectivity index (χ0) is 13.4. The first-order valence-corrected chi connectivity index (χ1v) is 7.47. The van der Waals surface area contributed by atoms with Gasteiger partial charge < -0.3 is 5.32 Å². The number of hydrogen-bond donors (Lipinski definition) is 1. The molecular weight excluding hydrogens is 264 g/mol. The minimum absolute atomic E-state index is 0.00333. The van der Waals surface area contributed by atoms with Crippen LogP contribution in [0.3, 0.4) is 0 Å². The first-order chi connectivity index (χ1) is 9.20. The number of rotatable bonds is 3. The van der Waals surface area contributed by atoms with E-state index in [4.69, 9.17) is 11.6 Å². The molecule has 6 heteroatoms. The second-order valence-electron chi connectivity index (χ2n) is 5.42. The molecule has 1 aliphatic carbocycles. The van der Waals surface area contributed by atoms with Crippen LogP contribution in [-0.2, 0) is 4.79 Å². The van der Waals surface area contributed by atoms with Crippen LogP contribution in [0.25, 0.3) is 0 Å². The van der Waals surface area contributed by atoms with Gasteiger partial charge in [0.05, 0.1) is 0 Å². The number of carbonyl (C=O) groups is 1. The summed E-state index contributed by atoms with van der Waals surface area (Å²) in [5, 5.41) is 3.57. The van der Waals surface area contributed by atoms with E-state index in [9.17, 15) is 4.79 Å². The highest BCUT2D eigenvalue weighted by Gasteiger charge is 2.43. The normalized spacial score (nSPS) is 31.1. The molecule has 1 N–H and O–H groups in total. The van der Waals surface area contributed by atoms with E-state index in [-0.39, 0.29) is 23.4 Å². The summed E-state index contributed by atoms with van der Waals surface area (Å²) in [6.45, 7) is 2.64. The number of amidine groups is 2. The molecule has 3 rings (SSSR count). The third-order valence-corrected chi connectivity index (χ3v) is 4.36. The molecule has 0 bridgehead atoms. The van der Waals surface area contributed by atoms with Crippen molar-refractivity contribution in [3.8, 4) is 0 Å². The van der Waals surface area contributed by atoms with Crippen molar-refractivity contribution in [2.24, 2.45) is 15.9 Å². The summed E-state index contributed by atoms with van der Waals surface area (Å²) in [5.41, 5.74) is 0. The van der Waals surface area contributed by atoms with E-state index in [1.54, 1.807) is 4.90 Å². The van der Waals surface area contributed by atoms with Crippen LogP contribution in [0.2, 0.25) is 0 Å². The van der Waals surface area contributed by atoms with Crippen LogP contribution in [-0.4, -0.2) is 40.7 Å². The number of halogens is 1. The molecule has 5 nitrogen and oxygen atoms in total. The van der Waals surface area contributed by atoms with E-state index >= 15 is 0 Å². The van der Waals surface area contributed by atoms with Gasteiger partial charge in [-0.2, -0.15) is 0 Å². The Morgan fingerprint density at radius 3 is 2.79 bits per heavy atom. The summed E-state index contributed by atoms with van der Waals surface area (Å²) in [6, 6.07) is -0.343. The Kier molecular flexibility index (Phi) is 3.48. The van der Waals surface area contributed by atoms with Gasteiger partial charge in [-0.25, -0.2) is 9.98 Å². The van der Waals surface area contributed by atoms with Crippen molar-refractivity contribution in [1.82, 2.24) is 10.2 Å². The third kappa shape index (κ3) is 2.24. The zero-order valence-corrected chi connectivity index (χ0v) is 11.9. The van der Waals surface area contributed by atoms with Gasteiger partial charge >= 0.3 is 0 Å². The van der Waals surface area contributed by atoms with Crippen molar-refractivity contribution >= 4 is 28.6 Å². The summed E-state index contributed by atoms with van der Waals surface area (Å²) >= 11 is 6.09. The van der Waals surface area contributed by atoms with E-state index in [1.165, 1.54) is 12.8 Å². The molecule has 1 fully saturated rings. The van der Waals surface area contributed by atoms with Crippen molar-refractivity contribution in [2.45, 2.75) is 51.2 Å². The highest BCUT2D eigenvalue weighted by molar-refractivity contribution is 6.66. The molecule has 0 saturated heterocycles. The van der Waals surface area contributed by atoms with E-state index in [2.05, 4.69) is 15.3 Å². The lowest BCUT2D eigenvalue weighted by molar-refractivity contribution is -0.130. The monoisotopic (exact) mass is 282 g/mol. The molecule has 1 saturated carbocycles. The summed E-state index contributed by atoms with van der Waals surface area (Å²) in [7, 11) is 0. The van der Waals surface area contributed by atoms with Gasteiger partial charge in [-0.3, -0.25) is 9.69 Å². The fourth-order valence-corrected chi connectivity index (χ4v) is 3.33. The summed E-state index contributed by atoms with van der Waals surface area (Å²) < 4.78 is 0. The maximum Gasteiger partial charge on any atom is 0.255 e. The van der Waals surface area contributed by atoms with Gasteiger partial charge in [0.25, 0.3) is 5.91 Å². The first-order valence-electron chi connectivity index (χ1n) is 7.09. The SMILES string of the molecule is CCCN1C(=O)C2NC(C3CCCC3)=NC2N=C1Cl. The lowest BCUT2D eigenvalue weighted by atomic mass is 10.1. The van der Waals surface area contributed by atoms with Crippen LogP contribution in [0.4, 0.5) is 0 Å². The van der Waals surface area contributed by atoms with Gasteiger partial charge in [0, 0.05) is 12.5 Å². The van der Waals surface area contributed by atoms with Gasteiger partial charge in [0.15, 0.2) is 12.2 Å². The van der Waals surface area contributed by atoms with Crippen molar-refractivity contribution < 1.29 is 4.79 Å². The molecule has 104 valence electrons. The number of nitrogens with zero attached hydrogens (tertiary/aromatic N) is 3. The van der Waals surface area contributed by atoms with Gasteiger partial charge in [0.1, 0.15) is 5.84 Å². The third-order valence-electron chi connectivity index (χ3n) is 4.06. The standard InChI is InChI=1S/C13H19ClN4O/c1-2-7-18-12(19)9-11(17-13(18)14)16-10(15-9)8-5-3-4-6-8/h8-9,11H,2-7H2,1H3,(H,15,16). The van der Waals surface area contributed by atoms with Gasteiger partial charge in [0.2, 0.25) is 5.29 Å². The molecule has 2 atom stereocenters. The number of carbonyl (C=O) groups excluding carboxylic acids is 1. The summed E-state index contributed by atoms with van der Waals surface area (Å²) in [6.07, 6.45) is 5.33. The Hall–Kier alpha value is -1.10. The molecule has 0 aromatic carbocycles. The maximum absolute atomic E-state index is 12.4. The van der Waals surface area contributed by atoms with Crippen LogP contribution in [0.1, 0.15) is 39.0 Å². The molecule has 2 heterocycles. The predicted octanol–water partition coefficient (Wildman–Crippen LogP) is 1.72. The molecule has 2 unspecified atom stereocenters. The van der Waals surface area contributed by atoms with Crippen molar-refractivity contribution in [3.63, 3.8) is 0 Å². The topological polar surface area (TPSA) is 57.1 Å². The quantitative estimate of drug-likeness (QED) is 0.802. The van der Waals surface area contributed by atoms with Crippen molar-refractivity contribution in [1.29, 1.82) is 0 Å². The van der Waals surface area contributed by atoms with E-state index in [0.717, 1.165) is 25.1 Å². The molecule has 0 aromatic rings. The average molecular weight is 283 g/mol. The van der Waals surface area contributed by atoms with Crippen molar-refractivity contribution in [2.75, 3.05) is 6.54 Å². The lowest BCUT2D eigenvalue weighted by Crippen LogP contribution is -2.54. The molecule has 1 amide bonds. The van der Waals surface area contributed by atoms with E-state index in [1.807, 2.05) is 6.92 Å². The zero-order valence-electron chi connectivity index (χ0n) is 11.1. The van der Waals surface area contributed by atoms with E-state index in [0.29, 0.717) is 12.5 Å². The van der Waals surface area contributed by atoms with Gasteiger partial charge in [-0.15, -0.1) is 0 Å². The minimum atomic E-state index is -0.358. The second kappa shape index (κ2) is 5.12. The largest absolute Gasteiger partial charge is 0.359 e. The molecule has 0 radical (unpaired) electrons. The van der Waals surface area contributed by atoms with Crippen LogP contribution in [0.15, 0.2) is 9.98 Å². The highest BCUT2D eigenvalue weighted by atomic mass is 35.5. The number of aliphatic imine (C=N–C) groups is 2. The molecular formula is C13H19ClN4O. The van der Waals surface area contributed by atoms with Gasteiger partial charge in [-0.05, 0) is 30.9 Å². The Balaban J connectivity index is 1.78. The Bertz CT molecular complexity index is 442. The van der Waals surface area contributed by atoms with Crippen LogP contribution >= 0.6 is 11.6 Å². The van der Waals surface area contributed by atoms with Crippen molar-refractivity contribution in [3.05, 3.63) is 0 Å². The summed E-state index contributed by atoms with van der Waals surface area (Å²) in [4.78, 5) is 22.9. The number of fused-ring (bicyclic) bond motifs is 1. The predicted molar refractivity (Wildman–Crippen MR) is 75.4 cm³/mol. The highest BCUT2D eigenvalue weighted by Crippen LogP contribution is 2.29.